The van der Waals surface area contributed by atoms with Gasteiger partial charge in [-0.1, -0.05) is 20.3 Å². The Bertz CT molecular complexity index is 191. The molecule has 1 unspecified atom stereocenters. The second kappa shape index (κ2) is 6.61. The van der Waals surface area contributed by atoms with Crippen molar-refractivity contribution in [2.75, 3.05) is 26.2 Å². The molecule has 0 radical (unpaired) electrons. The van der Waals surface area contributed by atoms with Gasteiger partial charge in [0.15, 0.2) is 0 Å². The largest absolute Gasteiger partial charge is 0.375 e. The molecule has 0 bridgehead atoms. The van der Waals surface area contributed by atoms with Crippen LogP contribution in [0.15, 0.2) is 0 Å². The van der Waals surface area contributed by atoms with E-state index in [-0.39, 0.29) is 5.60 Å². The Morgan fingerprint density at radius 2 is 2.06 bits per heavy atom. The van der Waals surface area contributed by atoms with E-state index in [1.165, 1.54) is 38.9 Å². The second-order valence-corrected chi connectivity index (χ2v) is 5.72. The summed E-state index contributed by atoms with van der Waals surface area (Å²) < 4.78 is 6.08. The lowest BCUT2D eigenvalue weighted by Crippen LogP contribution is -2.38. The highest BCUT2D eigenvalue weighted by Crippen LogP contribution is 2.21. The van der Waals surface area contributed by atoms with Gasteiger partial charge < -0.3 is 9.64 Å². The van der Waals surface area contributed by atoms with Crippen molar-refractivity contribution < 1.29 is 4.74 Å². The molecule has 0 amide bonds. The van der Waals surface area contributed by atoms with Crippen LogP contribution >= 0.6 is 0 Å². The van der Waals surface area contributed by atoms with E-state index >= 15 is 0 Å². The van der Waals surface area contributed by atoms with Crippen LogP contribution in [-0.4, -0.2) is 36.7 Å². The Kier molecular flexibility index (Phi) is 5.77. The fourth-order valence-corrected chi connectivity index (χ4v) is 2.59. The van der Waals surface area contributed by atoms with Gasteiger partial charge in [0.25, 0.3) is 0 Å². The summed E-state index contributed by atoms with van der Waals surface area (Å²) in [6.07, 6.45) is 5.06. The first-order valence-corrected chi connectivity index (χ1v) is 6.93. The smallest absolute Gasteiger partial charge is 0.0626 e. The molecule has 1 fully saturated rings. The molecule has 1 aliphatic heterocycles. The molecule has 0 N–H and O–H groups in total. The summed E-state index contributed by atoms with van der Waals surface area (Å²) in [5, 5.41) is 0. The molecule has 0 aromatic carbocycles. The molecule has 1 aliphatic rings. The summed E-state index contributed by atoms with van der Waals surface area (Å²) in [7, 11) is 0. The molecule has 1 heterocycles. The minimum Gasteiger partial charge on any atom is -0.375 e. The van der Waals surface area contributed by atoms with Crippen molar-refractivity contribution in [3.8, 4) is 0 Å². The maximum atomic E-state index is 6.08. The van der Waals surface area contributed by atoms with E-state index < -0.39 is 0 Å². The summed E-state index contributed by atoms with van der Waals surface area (Å²) in [6.45, 7) is 13.6. The number of ether oxygens (including phenoxy) is 1. The average Bonchev–Trinajstić information content (AvgIpc) is 2.27. The van der Waals surface area contributed by atoms with Crippen LogP contribution in [0, 0.1) is 5.92 Å². The van der Waals surface area contributed by atoms with Crippen LogP contribution in [-0.2, 0) is 4.74 Å². The first-order chi connectivity index (χ1) is 7.57. The van der Waals surface area contributed by atoms with Gasteiger partial charge in [0, 0.05) is 6.54 Å². The Balaban J connectivity index is 2.26. The molecule has 16 heavy (non-hydrogen) atoms. The predicted molar refractivity (Wildman–Crippen MR) is 69.8 cm³/mol. The quantitative estimate of drug-likeness (QED) is 0.690. The molecule has 2 nitrogen and oxygen atoms in total. The number of piperidine rings is 1. The van der Waals surface area contributed by atoms with Gasteiger partial charge in [0.05, 0.1) is 12.2 Å². The van der Waals surface area contributed by atoms with Gasteiger partial charge >= 0.3 is 0 Å². The molecule has 2 heteroatoms. The molecule has 0 aromatic heterocycles. The Morgan fingerprint density at radius 1 is 1.31 bits per heavy atom. The fraction of sp³-hybridized carbons (Fsp3) is 1.00. The van der Waals surface area contributed by atoms with E-state index in [4.69, 9.17) is 4.74 Å². The van der Waals surface area contributed by atoms with Gasteiger partial charge in [-0.05, 0) is 52.1 Å². The third kappa shape index (κ3) is 4.84. The Morgan fingerprint density at radius 3 is 2.69 bits per heavy atom. The minimum absolute atomic E-state index is 0.0727. The number of rotatable bonds is 6. The van der Waals surface area contributed by atoms with Crippen molar-refractivity contribution in [1.29, 1.82) is 0 Å². The number of likely N-dealkylation sites (tertiary alicyclic amines) is 1. The highest BCUT2D eigenvalue weighted by atomic mass is 16.5. The lowest BCUT2D eigenvalue weighted by molar-refractivity contribution is -0.0510. The summed E-state index contributed by atoms with van der Waals surface area (Å²) in [5.41, 5.74) is 0.0727. The zero-order valence-electron chi connectivity index (χ0n) is 11.6. The highest BCUT2D eigenvalue weighted by molar-refractivity contribution is 4.74. The van der Waals surface area contributed by atoms with Crippen LogP contribution in [0.25, 0.3) is 0 Å². The Labute approximate surface area is 101 Å². The van der Waals surface area contributed by atoms with Crippen molar-refractivity contribution in [3.05, 3.63) is 0 Å². The van der Waals surface area contributed by atoms with Crippen molar-refractivity contribution in [1.82, 2.24) is 4.90 Å². The second-order valence-electron chi connectivity index (χ2n) is 5.72. The maximum Gasteiger partial charge on any atom is 0.0626 e. The zero-order chi connectivity index (χ0) is 12.0. The molecular formula is C14H29NO. The van der Waals surface area contributed by atoms with E-state index in [9.17, 15) is 0 Å². The van der Waals surface area contributed by atoms with Crippen LogP contribution < -0.4 is 0 Å². The lowest BCUT2D eigenvalue weighted by Gasteiger charge is -2.34. The monoisotopic (exact) mass is 227 g/mol. The molecule has 1 saturated heterocycles. The van der Waals surface area contributed by atoms with Gasteiger partial charge in [-0.15, -0.1) is 0 Å². The molecule has 96 valence electrons. The van der Waals surface area contributed by atoms with Crippen LogP contribution in [0.3, 0.4) is 0 Å². The summed E-state index contributed by atoms with van der Waals surface area (Å²) >= 11 is 0. The van der Waals surface area contributed by atoms with Gasteiger partial charge in [0.2, 0.25) is 0 Å². The minimum atomic E-state index is 0.0727. The van der Waals surface area contributed by atoms with E-state index in [0.29, 0.717) is 0 Å². The normalized spacial score (nSPS) is 23.6. The Hall–Kier alpha value is -0.0800. The molecule has 0 aromatic rings. The van der Waals surface area contributed by atoms with Gasteiger partial charge in [-0.3, -0.25) is 0 Å². The molecular weight excluding hydrogens is 198 g/mol. The summed E-state index contributed by atoms with van der Waals surface area (Å²) in [6, 6.07) is 0. The van der Waals surface area contributed by atoms with Crippen molar-refractivity contribution in [3.63, 3.8) is 0 Å². The van der Waals surface area contributed by atoms with E-state index in [2.05, 4.69) is 32.6 Å². The van der Waals surface area contributed by atoms with Crippen LogP contribution in [0.5, 0.6) is 0 Å². The molecule has 0 aliphatic carbocycles. The predicted octanol–water partition coefficient (Wildman–Crippen LogP) is 3.31. The summed E-state index contributed by atoms with van der Waals surface area (Å²) in [4.78, 5) is 2.55. The third-order valence-electron chi connectivity index (χ3n) is 3.61. The van der Waals surface area contributed by atoms with Crippen molar-refractivity contribution in [2.24, 2.45) is 5.92 Å². The third-order valence-corrected chi connectivity index (χ3v) is 3.61. The van der Waals surface area contributed by atoms with Crippen LogP contribution in [0.2, 0.25) is 0 Å². The molecule has 0 spiro atoms. The van der Waals surface area contributed by atoms with Crippen LogP contribution in [0.1, 0.15) is 53.4 Å². The highest BCUT2D eigenvalue weighted by Gasteiger charge is 2.23. The van der Waals surface area contributed by atoms with E-state index in [1.54, 1.807) is 0 Å². The van der Waals surface area contributed by atoms with Gasteiger partial charge in [0.1, 0.15) is 0 Å². The lowest BCUT2D eigenvalue weighted by atomic mass is 9.98. The zero-order valence-corrected chi connectivity index (χ0v) is 11.6. The topological polar surface area (TPSA) is 12.5 Å². The molecule has 1 atom stereocenters. The first-order valence-electron chi connectivity index (χ1n) is 6.93. The van der Waals surface area contributed by atoms with E-state index in [1.807, 2.05) is 0 Å². The van der Waals surface area contributed by atoms with Gasteiger partial charge in [-0.25, -0.2) is 0 Å². The SMILES string of the molecule is CCCC(C)(C)OCC1CCCN(CC)C1. The van der Waals surface area contributed by atoms with Crippen molar-refractivity contribution >= 4 is 0 Å². The molecule has 0 saturated carbocycles. The number of nitrogens with zero attached hydrogens (tertiary/aromatic N) is 1. The van der Waals surface area contributed by atoms with E-state index in [0.717, 1.165) is 18.9 Å². The number of hydrogen-bond donors (Lipinski definition) is 0. The number of hydrogen-bond acceptors (Lipinski definition) is 2. The maximum absolute atomic E-state index is 6.08. The first kappa shape index (κ1) is 14.0. The summed E-state index contributed by atoms with van der Waals surface area (Å²) in [5.74, 6) is 0.754. The van der Waals surface area contributed by atoms with Gasteiger partial charge in [-0.2, -0.15) is 0 Å². The average molecular weight is 227 g/mol. The van der Waals surface area contributed by atoms with Crippen LogP contribution in [0.4, 0.5) is 0 Å². The fourth-order valence-electron chi connectivity index (χ4n) is 2.59. The molecule has 1 rings (SSSR count). The van der Waals surface area contributed by atoms with Crippen molar-refractivity contribution in [2.45, 2.75) is 59.0 Å². The standard InChI is InChI=1S/C14H29NO/c1-5-9-14(3,4)16-12-13-8-7-10-15(6-2)11-13/h13H,5-12H2,1-4H3.